The molecule has 1 aliphatic rings. The van der Waals surface area contributed by atoms with Crippen molar-refractivity contribution in [2.24, 2.45) is 5.41 Å². The molecule has 1 aliphatic heterocycles. The Balaban J connectivity index is 1.42. The highest BCUT2D eigenvalue weighted by atomic mass is 32.2. The number of nitrogens with zero attached hydrogens (tertiary/aromatic N) is 4. The number of phosphoric ester groups is 3. The van der Waals surface area contributed by atoms with E-state index in [1.807, 2.05) is 0 Å². The number of aliphatic hydroxyl groups excluding tert-OH is 3. The van der Waals surface area contributed by atoms with Crippen molar-refractivity contribution in [1.29, 1.82) is 0 Å². The van der Waals surface area contributed by atoms with Gasteiger partial charge >= 0.3 is 23.5 Å². The molecule has 25 nitrogen and oxygen atoms in total. The maximum absolute atomic E-state index is 12.7. The van der Waals surface area contributed by atoms with Crippen molar-refractivity contribution in [3.63, 3.8) is 0 Å². The average Bonchev–Trinajstić information content (AvgIpc) is 3.71. The van der Waals surface area contributed by atoms with E-state index >= 15 is 0 Å². The number of fused-ring (bicyclic) bond motifs is 1. The molecule has 0 spiro atoms. The Labute approximate surface area is 348 Å². The van der Waals surface area contributed by atoms with Crippen LogP contribution in [-0.2, 0) is 50.7 Å². The number of nitrogens with two attached hydrogens (primary N) is 1. The molecule has 1 saturated heterocycles. The van der Waals surface area contributed by atoms with Crippen LogP contribution in [0.3, 0.4) is 0 Å². The number of nitrogen functional groups attached to an aromatic ring is 1. The van der Waals surface area contributed by atoms with Crippen LogP contribution in [-0.4, -0.2) is 128 Å². The molecule has 340 valence electrons. The number of allylic oxidation sites excluding steroid dienone is 2. The highest BCUT2D eigenvalue weighted by Gasteiger charge is 2.50. The second-order valence-corrected chi connectivity index (χ2v) is 19.4. The van der Waals surface area contributed by atoms with Gasteiger partial charge in [-0.2, -0.15) is 4.31 Å². The van der Waals surface area contributed by atoms with E-state index in [9.17, 15) is 63.0 Å². The minimum Gasteiger partial charge on any atom is -0.513 e. The SMILES string of the molecule is CCCC/C=C(\O)CCCC(=O)SCCNC(=O)CCNC(=O)C(O)C(C)(C)COP(=O)(O)OP(=O)(O)OCC1OC(n2cnc3c(N)ncnc32)C(O)C1OP(=O)(O)O. The van der Waals surface area contributed by atoms with Crippen LogP contribution in [0.15, 0.2) is 24.5 Å². The number of amides is 2. The average molecular weight is 936 g/mol. The number of unbranched alkanes of at least 4 members (excludes halogenated alkanes) is 2. The van der Waals surface area contributed by atoms with E-state index in [0.29, 0.717) is 18.6 Å². The lowest BCUT2D eigenvalue weighted by atomic mass is 9.87. The number of hydrogen-bond acceptors (Lipinski definition) is 19. The number of aliphatic hydroxyl groups is 3. The van der Waals surface area contributed by atoms with Crippen LogP contribution in [0, 0.1) is 5.41 Å². The Hall–Kier alpha value is -2.90. The summed E-state index contributed by atoms with van der Waals surface area (Å²) in [5.74, 6) is -0.912. The Morgan fingerprint density at radius 2 is 1.73 bits per heavy atom. The van der Waals surface area contributed by atoms with E-state index in [1.54, 1.807) is 6.08 Å². The minimum absolute atomic E-state index is 0.0269. The van der Waals surface area contributed by atoms with Gasteiger partial charge < -0.3 is 56.0 Å². The summed E-state index contributed by atoms with van der Waals surface area (Å²) >= 11 is 1.04. The second kappa shape index (κ2) is 23.0. The molecule has 3 heterocycles. The Morgan fingerprint density at radius 1 is 1.03 bits per heavy atom. The lowest BCUT2D eigenvalue weighted by Crippen LogP contribution is -2.46. The molecule has 2 aromatic rings. The fourth-order valence-corrected chi connectivity index (χ4v) is 8.91. The van der Waals surface area contributed by atoms with Gasteiger partial charge in [-0.25, -0.2) is 28.6 Å². The summed E-state index contributed by atoms with van der Waals surface area (Å²) in [6, 6.07) is 0. The van der Waals surface area contributed by atoms with Crippen molar-refractivity contribution in [2.45, 2.75) is 96.4 Å². The largest absolute Gasteiger partial charge is 0.513 e. The standard InChI is InChI=1S/C31H52N7O18P3S/c1-4-5-6-8-19(39)9-7-10-22(41)60-14-13-33-21(40)11-12-34-29(44)26(43)31(2,3)16-53-59(50,51)56-58(48,49)52-15-20-25(55-57(45,46)47)24(42)30(54-20)38-18-37-23-27(32)35-17-36-28(23)38/h8,17-18,20,24-26,30,39,42-43H,4-7,9-16H2,1-3H3,(H,33,40)(H,34,44)(H,48,49)(H,50,51)(H2,32,35,36)(H2,45,46,47)/b19-8-. The number of nitrogens with one attached hydrogen (secondary N) is 2. The lowest BCUT2D eigenvalue weighted by Gasteiger charge is -2.30. The van der Waals surface area contributed by atoms with Crippen molar-refractivity contribution in [2.75, 3.05) is 37.8 Å². The van der Waals surface area contributed by atoms with Crippen LogP contribution in [0.2, 0.25) is 0 Å². The van der Waals surface area contributed by atoms with Gasteiger partial charge in [0.25, 0.3) is 0 Å². The number of thioether (sulfide) groups is 1. The highest BCUT2D eigenvalue weighted by Crippen LogP contribution is 2.61. The van der Waals surface area contributed by atoms with Gasteiger partial charge in [-0.05, 0) is 25.3 Å². The molecule has 0 radical (unpaired) electrons. The summed E-state index contributed by atoms with van der Waals surface area (Å²) < 4.78 is 62.2. The molecule has 0 saturated carbocycles. The normalized spacial score (nSPS) is 21.3. The minimum atomic E-state index is -5.58. The van der Waals surface area contributed by atoms with Crippen molar-refractivity contribution in [1.82, 2.24) is 30.2 Å². The molecular weight excluding hydrogens is 883 g/mol. The first-order chi connectivity index (χ1) is 27.9. The van der Waals surface area contributed by atoms with Crippen LogP contribution >= 0.6 is 35.2 Å². The molecule has 11 N–H and O–H groups in total. The molecule has 60 heavy (non-hydrogen) atoms. The van der Waals surface area contributed by atoms with Gasteiger partial charge in [-0.3, -0.25) is 32.5 Å². The predicted molar refractivity (Wildman–Crippen MR) is 211 cm³/mol. The van der Waals surface area contributed by atoms with E-state index < -0.39 is 84.6 Å². The maximum atomic E-state index is 12.7. The molecule has 1 fully saturated rings. The number of rotatable bonds is 26. The summed E-state index contributed by atoms with van der Waals surface area (Å²) in [6.45, 7) is 2.47. The van der Waals surface area contributed by atoms with Crippen molar-refractivity contribution in [3.8, 4) is 0 Å². The molecule has 2 amide bonds. The van der Waals surface area contributed by atoms with Crippen molar-refractivity contribution in [3.05, 3.63) is 24.5 Å². The number of hydrogen-bond donors (Lipinski definition) is 10. The quantitative estimate of drug-likeness (QED) is 0.0362. The number of anilines is 1. The number of phosphoric acid groups is 3. The van der Waals surface area contributed by atoms with Gasteiger partial charge in [0.15, 0.2) is 22.8 Å². The Morgan fingerprint density at radius 3 is 2.42 bits per heavy atom. The fourth-order valence-electron chi connectivity index (χ4n) is 5.36. The molecule has 2 aromatic heterocycles. The lowest BCUT2D eigenvalue weighted by molar-refractivity contribution is -0.137. The van der Waals surface area contributed by atoms with Crippen LogP contribution in [0.5, 0.6) is 0 Å². The zero-order valence-electron chi connectivity index (χ0n) is 32.8. The fraction of sp³-hybridized carbons (Fsp3) is 0.677. The van der Waals surface area contributed by atoms with Gasteiger partial charge in [0.05, 0.1) is 25.3 Å². The summed E-state index contributed by atoms with van der Waals surface area (Å²) in [7, 11) is -16.4. The first-order valence-electron chi connectivity index (χ1n) is 18.4. The van der Waals surface area contributed by atoms with E-state index in [4.69, 9.17) is 19.5 Å². The van der Waals surface area contributed by atoms with Gasteiger partial charge in [-0.15, -0.1) is 0 Å². The first-order valence-corrected chi connectivity index (χ1v) is 23.9. The van der Waals surface area contributed by atoms with Gasteiger partial charge in [-0.1, -0.05) is 39.0 Å². The third-order valence-corrected chi connectivity index (χ3v) is 12.6. The third kappa shape index (κ3) is 16.8. The van der Waals surface area contributed by atoms with E-state index in [1.165, 1.54) is 13.8 Å². The number of ether oxygens (including phenoxy) is 1. The molecule has 3 rings (SSSR count). The zero-order chi connectivity index (χ0) is 44.9. The van der Waals surface area contributed by atoms with Crippen LogP contribution in [0.4, 0.5) is 5.82 Å². The molecule has 29 heteroatoms. The van der Waals surface area contributed by atoms with E-state index in [-0.39, 0.29) is 53.8 Å². The summed E-state index contributed by atoms with van der Waals surface area (Å²) in [6.07, 6.45) is -1.24. The first kappa shape index (κ1) is 51.5. The van der Waals surface area contributed by atoms with Crippen LogP contribution < -0.4 is 16.4 Å². The topological polar surface area (TPSA) is 384 Å². The second-order valence-electron chi connectivity index (χ2n) is 14.0. The highest BCUT2D eigenvalue weighted by molar-refractivity contribution is 8.13. The number of imidazole rings is 1. The smallest absolute Gasteiger partial charge is 0.481 e. The molecule has 0 aromatic carbocycles. The summed E-state index contributed by atoms with van der Waals surface area (Å²) in [5, 5.41) is 36.1. The van der Waals surface area contributed by atoms with Gasteiger partial charge in [0.1, 0.15) is 36.3 Å². The zero-order valence-corrected chi connectivity index (χ0v) is 36.3. The Kier molecular flexibility index (Phi) is 19.7. The van der Waals surface area contributed by atoms with Crippen LogP contribution in [0.1, 0.15) is 71.9 Å². The van der Waals surface area contributed by atoms with E-state index in [0.717, 1.165) is 48.2 Å². The van der Waals surface area contributed by atoms with Gasteiger partial charge in [0, 0.05) is 43.5 Å². The molecule has 0 bridgehead atoms. The maximum Gasteiger partial charge on any atom is 0.481 e. The van der Waals surface area contributed by atoms with E-state index in [2.05, 4.69) is 41.3 Å². The monoisotopic (exact) mass is 935 g/mol. The predicted octanol–water partition coefficient (Wildman–Crippen LogP) is 1.47. The Bertz CT molecular complexity index is 1950. The van der Waals surface area contributed by atoms with Crippen LogP contribution in [0.25, 0.3) is 11.2 Å². The molecule has 7 unspecified atom stereocenters. The molecular formula is C31H52N7O18P3S. The molecule has 7 atom stereocenters. The van der Waals surface area contributed by atoms with Gasteiger partial charge in [0.2, 0.25) is 11.8 Å². The summed E-state index contributed by atoms with van der Waals surface area (Å²) in [4.78, 5) is 87.8. The third-order valence-electron chi connectivity index (χ3n) is 8.52. The summed E-state index contributed by atoms with van der Waals surface area (Å²) in [5.41, 5.74) is 4.25. The number of carbonyl (C=O) groups excluding carboxylic acids is 3. The number of aromatic nitrogens is 4. The number of carbonyl (C=O) groups is 3. The molecule has 0 aliphatic carbocycles. The van der Waals surface area contributed by atoms with Crippen molar-refractivity contribution >= 4 is 69.1 Å². The van der Waals surface area contributed by atoms with Crippen molar-refractivity contribution < 1.29 is 85.6 Å².